The van der Waals surface area contributed by atoms with E-state index in [1.807, 2.05) is 4.72 Å². The summed E-state index contributed by atoms with van der Waals surface area (Å²) in [5.74, 6) is -0.0592. The molecule has 1 aromatic carbocycles. The molecule has 6 nitrogen and oxygen atoms in total. The number of hydrogen-bond donors (Lipinski definition) is 1. The number of carbonyl (C=O) groups is 1. The highest BCUT2D eigenvalue weighted by molar-refractivity contribution is 7.90. The van der Waals surface area contributed by atoms with Gasteiger partial charge in [0.15, 0.2) is 0 Å². The van der Waals surface area contributed by atoms with Gasteiger partial charge in [0.1, 0.15) is 10.6 Å². The first-order valence-electron chi connectivity index (χ1n) is 5.93. The Hall–Kier alpha value is -1.70. The van der Waals surface area contributed by atoms with Crippen molar-refractivity contribution in [1.29, 1.82) is 0 Å². The van der Waals surface area contributed by atoms with Crippen molar-refractivity contribution < 1.29 is 17.9 Å². The maximum atomic E-state index is 12.3. The van der Waals surface area contributed by atoms with Gasteiger partial charge in [0, 0.05) is 13.6 Å². The van der Waals surface area contributed by atoms with Crippen molar-refractivity contribution in [2.45, 2.75) is 4.90 Å². The minimum Gasteiger partial charge on any atom is -0.443 e. The second-order valence-corrected chi connectivity index (χ2v) is 6.28. The Morgan fingerprint density at radius 1 is 1.45 bits per heavy atom. The minimum absolute atomic E-state index is 0.0592. The normalized spacial score (nSPS) is 11.7. The summed E-state index contributed by atoms with van der Waals surface area (Å²) in [4.78, 5) is 12.7. The van der Waals surface area contributed by atoms with Crippen LogP contribution >= 0.6 is 23.2 Å². The molecule has 0 heterocycles. The monoisotopic (exact) mass is 364 g/mol. The number of likely N-dealkylation sites (N-methyl/N-ethyl adjacent to an activating group) is 1. The second kappa shape index (κ2) is 8.07. The molecule has 2 amide bonds. The SMILES string of the molecule is C=CCN(C)C(=O)NS(=O)(=O)c1ccccc1OC(Cl)=CCl. The molecule has 0 fully saturated rings. The zero-order valence-electron chi connectivity index (χ0n) is 11.6. The van der Waals surface area contributed by atoms with Crippen LogP contribution in [-0.2, 0) is 10.0 Å². The summed E-state index contributed by atoms with van der Waals surface area (Å²) in [7, 11) is -2.70. The third kappa shape index (κ3) is 4.94. The number of para-hydroxylation sites is 1. The molecule has 0 radical (unpaired) electrons. The Balaban J connectivity index is 3.08. The lowest BCUT2D eigenvalue weighted by molar-refractivity contribution is 0.219. The predicted octanol–water partition coefficient (Wildman–Crippen LogP) is 2.86. The third-order valence-electron chi connectivity index (χ3n) is 2.40. The number of rotatable bonds is 6. The zero-order valence-corrected chi connectivity index (χ0v) is 14.0. The summed E-state index contributed by atoms with van der Waals surface area (Å²) in [5.41, 5.74) is 0.946. The summed E-state index contributed by atoms with van der Waals surface area (Å²) >= 11 is 11.0. The summed E-state index contributed by atoms with van der Waals surface area (Å²) in [6, 6.07) is 4.90. The maximum Gasteiger partial charge on any atom is 0.331 e. The largest absolute Gasteiger partial charge is 0.443 e. The summed E-state index contributed by atoms with van der Waals surface area (Å²) in [6.45, 7) is 3.66. The van der Waals surface area contributed by atoms with E-state index in [9.17, 15) is 13.2 Å². The lowest BCUT2D eigenvalue weighted by Gasteiger charge is -2.17. The van der Waals surface area contributed by atoms with E-state index in [2.05, 4.69) is 6.58 Å². The first kappa shape index (κ1) is 18.3. The maximum absolute atomic E-state index is 12.3. The Morgan fingerprint density at radius 2 is 2.09 bits per heavy atom. The summed E-state index contributed by atoms with van der Waals surface area (Å²) in [6.07, 6.45) is 1.47. The number of benzene rings is 1. The van der Waals surface area contributed by atoms with Crippen LogP contribution in [0.15, 0.2) is 52.6 Å². The molecule has 1 rings (SSSR count). The van der Waals surface area contributed by atoms with Gasteiger partial charge in [0.05, 0.1) is 5.54 Å². The number of nitrogens with one attached hydrogen (secondary N) is 1. The number of carbonyl (C=O) groups excluding carboxylic acids is 1. The van der Waals surface area contributed by atoms with E-state index < -0.39 is 16.1 Å². The smallest absolute Gasteiger partial charge is 0.331 e. The Labute approximate surface area is 139 Å². The van der Waals surface area contributed by atoms with Crippen LogP contribution in [0.3, 0.4) is 0 Å². The fourth-order valence-corrected chi connectivity index (χ4v) is 2.66. The van der Waals surface area contributed by atoms with Crippen molar-refractivity contribution in [3.8, 4) is 5.75 Å². The highest BCUT2D eigenvalue weighted by atomic mass is 35.5. The van der Waals surface area contributed by atoms with Gasteiger partial charge in [0.2, 0.25) is 5.22 Å². The quantitative estimate of drug-likeness (QED) is 0.621. The molecule has 0 bridgehead atoms. The van der Waals surface area contributed by atoms with Crippen LogP contribution in [0.5, 0.6) is 5.75 Å². The number of amides is 2. The van der Waals surface area contributed by atoms with Crippen LogP contribution in [0.2, 0.25) is 0 Å². The van der Waals surface area contributed by atoms with E-state index in [0.29, 0.717) is 0 Å². The molecular weight excluding hydrogens is 351 g/mol. The van der Waals surface area contributed by atoms with E-state index >= 15 is 0 Å². The number of hydrogen-bond acceptors (Lipinski definition) is 4. The zero-order chi connectivity index (χ0) is 16.8. The molecule has 0 spiro atoms. The molecule has 0 aliphatic carbocycles. The van der Waals surface area contributed by atoms with Crippen molar-refractivity contribution in [1.82, 2.24) is 9.62 Å². The molecule has 0 aliphatic rings. The fraction of sp³-hybridized carbons (Fsp3) is 0.154. The van der Waals surface area contributed by atoms with Gasteiger partial charge >= 0.3 is 6.03 Å². The summed E-state index contributed by atoms with van der Waals surface area (Å²) < 4.78 is 31.6. The number of urea groups is 1. The number of halogens is 2. The average molecular weight is 365 g/mol. The second-order valence-electron chi connectivity index (χ2n) is 4.04. The van der Waals surface area contributed by atoms with Crippen molar-refractivity contribution in [2.75, 3.05) is 13.6 Å². The van der Waals surface area contributed by atoms with Crippen molar-refractivity contribution in [2.24, 2.45) is 0 Å². The van der Waals surface area contributed by atoms with E-state index in [4.69, 9.17) is 27.9 Å². The lowest BCUT2D eigenvalue weighted by atomic mass is 10.3. The number of nitrogens with zero attached hydrogens (tertiary/aromatic N) is 1. The Bertz CT molecular complexity index is 689. The predicted molar refractivity (Wildman–Crippen MR) is 85.4 cm³/mol. The van der Waals surface area contributed by atoms with Crippen LogP contribution in [0.25, 0.3) is 0 Å². The van der Waals surface area contributed by atoms with Gasteiger partial charge in [-0.05, 0) is 23.7 Å². The van der Waals surface area contributed by atoms with Crippen LogP contribution in [0.1, 0.15) is 0 Å². The first-order chi connectivity index (χ1) is 10.3. The van der Waals surface area contributed by atoms with Crippen LogP contribution in [-0.4, -0.2) is 32.9 Å². The van der Waals surface area contributed by atoms with Crippen LogP contribution in [0.4, 0.5) is 4.79 Å². The molecule has 120 valence electrons. The molecule has 1 aromatic rings. The molecule has 0 atom stereocenters. The molecule has 0 aromatic heterocycles. The molecule has 0 saturated heterocycles. The van der Waals surface area contributed by atoms with Crippen molar-refractivity contribution in [3.63, 3.8) is 0 Å². The van der Waals surface area contributed by atoms with E-state index in [1.54, 1.807) is 6.07 Å². The van der Waals surface area contributed by atoms with Gasteiger partial charge in [-0.15, -0.1) is 6.58 Å². The molecule has 0 saturated carbocycles. The number of sulfonamides is 1. The molecule has 9 heteroatoms. The van der Waals surface area contributed by atoms with E-state index in [0.717, 1.165) is 10.4 Å². The molecule has 0 unspecified atom stereocenters. The first-order valence-corrected chi connectivity index (χ1v) is 8.23. The highest BCUT2D eigenvalue weighted by Crippen LogP contribution is 2.26. The topological polar surface area (TPSA) is 75.7 Å². The molecular formula is C13H14Cl2N2O4S. The third-order valence-corrected chi connectivity index (χ3v) is 4.26. The average Bonchev–Trinajstić information content (AvgIpc) is 2.47. The van der Waals surface area contributed by atoms with Crippen LogP contribution < -0.4 is 9.46 Å². The fourth-order valence-electron chi connectivity index (χ4n) is 1.41. The van der Waals surface area contributed by atoms with Gasteiger partial charge in [0.25, 0.3) is 10.0 Å². The van der Waals surface area contributed by atoms with Crippen molar-refractivity contribution >= 4 is 39.3 Å². The lowest BCUT2D eigenvalue weighted by Crippen LogP contribution is -2.40. The van der Waals surface area contributed by atoms with Crippen LogP contribution in [0, 0.1) is 0 Å². The Morgan fingerprint density at radius 3 is 2.68 bits per heavy atom. The van der Waals surface area contributed by atoms with Gasteiger partial charge < -0.3 is 9.64 Å². The highest BCUT2D eigenvalue weighted by Gasteiger charge is 2.23. The van der Waals surface area contributed by atoms with E-state index in [-0.39, 0.29) is 22.4 Å². The van der Waals surface area contributed by atoms with Gasteiger partial charge in [-0.1, -0.05) is 29.8 Å². The summed E-state index contributed by atoms with van der Waals surface area (Å²) in [5, 5.41) is -0.209. The van der Waals surface area contributed by atoms with Gasteiger partial charge in [-0.3, -0.25) is 0 Å². The molecule has 0 aliphatic heterocycles. The van der Waals surface area contributed by atoms with Crippen molar-refractivity contribution in [3.05, 3.63) is 47.7 Å². The van der Waals surface area contributed by atoms with Gasteiger partial charge in [-0.25, -0.2) is 17.9 Å². The number of ether oxygens (including phenoxy) is 1. The van der Waals surface area contributed by atoms with E-state index in [1.165, 1.54) is 31.3 Å². The minimum atomic E-state index is -4.14. The van der Waals surface area contributed by atoms with Gasteiger partial charge in [-0.2, -0.15) is 0 Å². The Kier molecular flexibility index (Phi) is 6.73. The standard InChI is InChI=1S/C13H14Cl2N2O4S/c1-3-8-17(2)13(18)16-22(19,20)11-7-5-4-6-10(11)21-12(15)9-14/h3-7,9H,1,8H2,2H3,(H,16,18). The molecule has 22 heavy (non-hydrogen) atoms. The molecule has 1 N–H and O–H groups in total.